The first-order valence-electron chi connectivity index (χ1n) is 7.97. The summed E-state index contributed by atoms with van der Waals surface area (Å²) in [6.07, 6.45) is 0.249. The van der Waals surface area contributed by atoms with E-state index in [1.165, 1.54) is 14.9 Å². The van der Waals surface area contributed by atoms with Crippen molar-refractivity contribution in [3.05, 3.63) is 39.6 Å². The van der Waals surface area contributed by atoms with E-state index in [1.54, 1.807) is 27.0 Å². The molecule has 1 atom stereocenters. The number of hydrogen-bond donors (Lipinski definition) is 0. The van der Waals surface area contributed by atoms with Gasteiger partial charge < -0.3 is 13.8 Å². The lowest BCUT2D eigenvalue weighted by atomic mass is 10.3. The van der Waals surface area contributed by atoms with Crippen LogP contribution in [0.3, 0.4) is 0 Å². The van der Waals surface area contributed by atoms with E-state index in [1.807, 2.05) is 6.92 Å². The Morgan fingerprint density at radius 1 is 1.28 bits per heavy atom. The molecule has 0 radical (unpaired) electrons. The van der Waals surface area contributed by atoms with Crippen molar-refractivity contribution in [3.8, 4) is 5.75 Å². The van der Waals surface area contributed by atoms with E-state index in [2.05, 4.69) is 5.16 Å². The minimum absolute atomic E-state index is 0.123. The molecular weight excluding hydrogens is 346 g/mol. The Balaban J connectivity index is 1.77. The van der Waals surface area contributed by atoms with Crippen LogP contribution in [0.25, 0.3) is 0 Å². The molecule has 8 nitrogen and oxygen atoms in total. The maximum Gasteiger partial charge on any atom is 0.254 e. The molecule has 1 aliphatic heterocycles. The summed E-state index contributed by atoms with van der Waals surface area (Å²) in [5.41, 5.74) is 0.970. The number of aryl methyl sites for hydroxylation is 3. The van der Waals surface area contributed by atoms with Gasteiger partial charge in [-0.15, -0.1) is 0 Å². The quantitative estimate of drug-likeness (QED) is 0.804. The van der Waals surface area contributed by atoms with Crippen LogP contribution in [0.2, 0.25) is 0 Å². The Morgan fingerprint density at radius 3 is 2.60 bits per heavy atom. The minimum Gasteiger partial charge on any atom is -0.489 e. The molecule has 3 heterocycles. The van der Waals surface area contributed by atoms with Crippen molar-refractivity contribution in [1.29, 1.82) is 0 Å². The number of pyridine rings is 1. The highest BCUT2D eigenvalue weighted by atomic mass is 32.2. The summed E-state index contributed by atoms with van der Waals surface area (Å²) in [7, 11) is -1.98. The molecule has 1 unspecified atom stereocenters. The molecule has 2 aromatic rings. The third kappa shape index (κ3) is 3.21. The Morgan fingerprint density at radius 2 is 2.00 bits per heavy atom. The molecule has 0 saturated carbocycles. The smallest absolute Gasteiger partial charge is 0.254 e. The van der Waals surface area contributed by atoms with E-state index in [4.69, 9.17) is 9.26 Å². The summed E-state index contributed by atoms with van der Waals surface area (Å²) in [6, 6.07) is 3.19. The average molecular weight is 367 g/mol. The van der Waals surface area contributed by atoms with Gasteiger partial charge in [0.15, 0.2) is 5.76 Å². The van der Waals surface area contributed by atoms with E-state index in [-0.39, 0.29) is 28.9 Å². The van der Waals surface area contributed by atoms with Crippen molar-refractivity contribution in [2.45, 2.75) is 38.2 Å². The maximum absolute atomic E-state index is 12.8. The van der Waals surface area contributed by atoms with Crippen LogP contribution in [-0.2, 0) is 17.1 Å². The molecule has 0 bridgehead atoms. The predicted molar refractivity (Wildman–Crippen MR) is 90.2 cm³/mol. The standard InChI is InChI=1S/C16H21N3O5S/c1-10-7-14(8-15(20)18(10)4)23-13-5-6-19(9-13)25(21,22)16-11(2)17-24-12(16)3/h7-8,13H,5-6,9H2,1-4H3. The van der Waals surface area contributed by atoms with Crippen LogP contribution < -0.4 is 10.3 Å². The zero-order valence-corrected chi connectivity index (χ0v) is 15.5. The molecule has 136 valence electrons. The first kappa shape index (κ1) is 17.7. The normalized spacial score (nSPS) is 18.6. The summed E-state index contributed by atoms with van der Waals surface area (Å²) in [5.74, 6) is 0.742. The van der Waals surface area contributed by atoms with Gasteiger partial charge in [0.1, 0.15) is 22.4 Å². The number of hydrogen-bond acceptors (Lipinski definition) is 6. The van der Waals surface area contributed by atoms with Crippen molar-refractivity contribution in [1.82, 2.24) is 14.0 Å². The molecule has 0 spiro atoms. The fourth-order valence-corrected chi connectivity index (χ4v) is 4.76. The zero-order valence-electron chi connectivity index (χ0n) is 14.6. The molecule has 9 heteroatoms. The van der Waals surface area contributed by atoms with Crippen LogP contribution in [0.1, 0.15) is 23.6 Å². The average Bonchev–Trinajstić information content (AvgIpc) is 3.12. The third-order valence-electron chi connectivity index (χ3n) is 4.45. The number of aromatic nitrogens is 2. The van der Waals surface area contributed by atoms with E-state index in [0.29, 0.717) is 24.4 Å². The summed E-state index contributed by atoms with van der Waals surface area (Å²) >= 11 is 0. The zero-order chi connectivity index (χ0) is 18.4. The third-order valence-corrected chi connectivity index (χ3v) is 6.56. The highest BCUT2D eigenvalue weighted by molar-refractivity contribution is 7.89. The second-order valence-corrected chi connectivity index (χ2v) is 8.15. The summed E-state index contributed by atoms with van der Waals surface area (Å²) in [5, 5.41) is 3.72. The van der Waals surface area contributed by atoms with Gasteiger partial charge in [-0.05, 0) is 33.3 Å². The summed E-state index contributed by atoms with van der Waals surface area (Å²) in [4.78, 5) is 12.0. The molecule has 25 heavy (non-hydrogen) atoms. The van der Waals surface area contributed by atoms with Crippen molar-refractivity contribution in [2.24, 2.45) is 7.05 Å². The molecule has 0 amide bonds. The van der Waals surface area contributed by atoms with Crippen LogP contribution in [0.4, 0.5) is 0 Å². The molecule has 0 aliphatic carbocycles. The molecule has 2 aromatic heterocycles. The number of nitrogens with zero attached hydrogens (tertiary/aromatic N) is 3. The van der Waals surface area contributed by atoms with E-state index < -0.39 is 10.0 Å². The first-order chi connectivity index (χ1) is 11.7. The van der Waals surface area contributed by atoms with Gasteiger partial charge >= 0.3 is 0 Å². The van der Waals surface area contributed by atoms with Crippen molar-refractivity contribution in [2.75, 3.05) is 13.1 Å². The fraction of sp³-hybridized carbons (Fsp3) is 0.500. The Hall–Kier alpha value is -2.13. The number of ether oxygens (including phenoxy) is 1. The molecule has 0 aromatic carbocycles. The second kappa shape index (κ2) is 6.30. The lowest BCUT2D eigenvalue weighted by Crippen LogP contribution is -2.31. The molecule has 3 rings (SSSR count). The minimum atomic E-state index is -3.67. The Labute approximate surface area is 146 Å². The van der Waals surface area contributed by atoms with Crippen molar-refractivity contribution in [3.63, 3.8) is 0 Å². The SMILES string of the molecule is Cc1noc(C)c1S(=O)(=O)N1CCC(Oc2cc(C)n(C)c(=O)c2)C1. The molecule has 1 saturated heterocycles. The monoisotopic (exact) mass is 367 g/mol. The van der Waals surface area contributed by atoms with Gasteiger partial charge in [-0.2, -0.15) is 4.31 Å². The number of rotatable bonds is 4. The first-order valence-corrected chi connectivity index (χ1v) is 9.41. The van der Waals surface area contributed by atoms with Gasteiger partial charge in [0, 0.05) is 25.4 Å². The highest BCUT2D eigenvalue weighted by Crippen LogP contribution is 2.27. The topological polar surface area (TPSA) is 94.6 Å². The molecular formula is C16H21N3O5S. The summed E-state index contributed by atoms with van der Waals surface area (Å²) in [6.45, 7) is 5.58. The van der Waals surface area contributed by atoms with Gasteiger partial charge in [-0.1, -0.05) is 5.16 Å². The number of sulfonamides is 1. The van der Waals surface area contributed by atoms with Gasteiger partial charge in [0.2, 0.25) is 10.0 Å². The lowest BCUT2D eigenvalue weighted by molar-refractivity contribution is 0.214. The van der Waals surface area contributed by atoms with Gasteiger partial charge in [-0.25, -0.2) is 8.42 Å². The molecule has 1 fully saturated rings. The summed E-state index contributed by atoms with van der Waals surface area (Å²) < 4.78 is 39.3. The Kier molecular flexibility index (Phi) is 4.46. The van der Waals surface area contributed by atoms with Crippen LogP contribution >= 0.6 is 0 Å². The lowest BCUT2D eigenvalue weighted by Gasteiger charge is -2.17. The van der Waals surface area contributed by atoms with Gasteiger partial charge in [0.05, 0.1) is 6.54 Å². The van der Waals surface area contributed by atoms with Crippen molar-refractivity contribution >= 4 is 10.0 Å². The molecule has 1 aliphatic rings. The van der Waals surface area contributed by atoms with Crippen LogP contribution in [-0.4, -0.2) is 41.6 Å². The van der Waals surface area contributed by atoms with E-state index >= 15 is 0 Å². The van der Waals surface area contributed by atoms with Crippen LogP contribution in [0.15, 0.2) is 26.3 Å². The van der Waals surface area contributed by atoms with E-state index in [9.17, 15) is 13.2 Å². The fourth-order valence-electron chi connectivity index (χ4n) is 2.98. The predicted octanol–water partition coefficient (Wildman–Crippen LogP) is 1.14. The Bertz CT molecular complexity index is 941. The van der Waals surface area contributed by atoms with Crippen molar-refractivity contribution < 1.29 is 17.7 Å². The van der Waals surface area contributed by atoms with Gasteiger partial charge in [-0.3, -0.25) is 4.79 Å². The van der Waals surface area contributed by atoms with E-state index in [0.717, 1.165) is 5.69 Å². The molecule has 0 N–H and O–H groups in total. The van der Waals surface area contributed by atoms with Gasteiger partial charge in [0.25, 0.3) is 5.56 Å². The van der Waals surface area contributed by atoms with Crippen LogP contribution in [0.5, 0.6) is 5.75 Å². The largest absolute Gasteiger partial charge is 0.489 e. The highest BCUT2D eigenvalue weighted by Gasteiger charge is 2.37. The van der Waals surface area contributed by atoms with Crippen LogP contribution in [0, 0.1) is 20.8 Å². The maximum atomic E-state index is 12.8. The second-order valence-electron chi connectivity index (χ2n) is 6.27.